The van der Waals surface area contributed by atoms with Crippen LogP contribution in [0, 0.1) is 11.7 Å². The Morgan fingerprint density at radius 2 is 2.09 bits per heavy atom. The number of oxazole rings is 1. The summed E-state index contributed by atoms with van der Waals surface area (Å²) in [5, 5.41) is 9.09. The molecule has 126 valence electrons. The summed E-state index contributed by atoms with van der Waals surface area (Å²) in [6.07, 6.45) is 0.0393. The molecule has 0 aliphatic rings. The van der Waals surface area contributed by atoms with E-state index < -0.39 is 38.5 Å². The molecule has 1 heterocycles. The van der Waals surface area contributed by atoms with Crippen molar-refractivity contribution in [2.75, 3.05) is 0 Å². The van der Waals surface area contributed by atoms with Crippen molar-refractivity contribution >= 4 is 27.1 Å². The van der Waals surface area contributed by atoms with E-state index in [1.807, 2.05) is 4.72 Å². The van der Waals surface area contributed by atoms with Gasteiger partial charge >= 0.3 is 11.7 Å². The van der Waals surface area contributed by atoms with Crippen molar-refractivity contribution in [2.45, 2.75) is 31.2 Å². The Kier molecular flexibility index (Phi) is 4.57. The van der Waals surface area contributed by atoms with Gasteiger partial charge in [0, 0.05) is 12.1 Å². The van der Waals surface area contributed by atoms with Gasteiger partial charge in [0.15, 0.2) is 5.58 Å². The van der Waals surface area contributed by atoms with Crippen molar-refractivity contribution in [3.8, 4) is 0 Å². The fraction of sp³-hybridized carbons (Fsp3) is 0.385. The molecule has 0 spiro atoms. The molecule has 2 rings (SSSR count). The third-order valence-electron chi connectivity index (χ3n) is 3.07. The molecular formula is C13H15FN2O6S. The minimum atomic E-state index is -4.44. The van der Waals surface area contributed by atoms with Crippen LogP contribution in [0.3, 0.4) is 0 Å². The third-order valence-corrected chi connectivity index (χ3v) is 4.55. The topological polar surface area (TPSA) is 129 Å². The fourth-order valence-electron chi connectivity index (χ4n) is 2.08. The van der Waals surface area contributed by atoms with Crippen LogP contribution in [0.4, 0.5) is 4.39 Å². The number of aromatic amines is 1. The van der Waals surface area contributed by atoms with E-state index in [1.54, 1.807) is 13.8 Å². The van der Waals surface area contributed by atoms with Crippen LogP contribution >= 0.6 is 0 Å². The van der Waals surface area contributed by atoms with Crippen LogP contribution in [-0.2, 0) is 14.8 Å². The molecule has 0 aliphatic heterocycles. The molecule has 0 unspecified atom stereocenters. The zero-order valence-corrected chi connectivity index (χ0v) is 13.1. The Morgan fingerprint density at radius 3 is 2.65 bits per heavy atom. The molecule has 1 atom stereocenters. The van der Waals surface area contributed by atoms with Crippen molar-refractivity contribution in [2.24, 2.45) is 5.92 Å². The van der Waals surface area contributed by atoms with Crippen molar-refractivity contribution in [1.29, 1.82) is 0 Å². The summed E-state index contributed by atoms with van der Waals surface area (Å²) in [5.41, 5.74) is -0.143. The van der Waals surface area contributed by atoms with E-state index in [4.69, 9.17) is 5.11 Å². The number of benzene rings is 1. The minimum Gasteiger partial charge on any atom is -0.480 e. The lowest BCUT2D eigenvalue weighted by Crippen LogP contribution is -2.41. The lowest BCUT2D eigenvalue weighted by Gasteiger charge is -2.16. The van der Waals surface area contributed by atoms with Gasteiger partial charge in [0.2, 0.25) is 10.0 Å². The summed E-state index contributed by atoms with van der Waals surface area (Å²) in [6.45, 7) is 3.46. The molecule has 0 saturated carbocycles. The first-order valence-corrected chi connectivity index (χ1v) is 8.16. The van der Waals surface area contributed by atoms with Crippen LogP contribution in [0.5, 0.6) is 0 Å². The molecule has 1 aromatic heterocycles. The molecular weight excluding hydrogens is 331 g/mol. The predicted molar refractivity (Wildman–Crippen MR) is 78.0 cm³/mol. The highest BCUT2D eigenvalue weighted by Crippen LogP contribution is 2.21. The second-order valence-corrected chi connectivity index (χ2v) is 7.12. The number of H-pyrrole nitrogens is 1. The van der Waals surface area contributed by atoms with E-state index in [-0.39, 0.29) is 23.4 Å². The molecule has 0 aliphatic carbocycles. The number of hydrogen-bond donors (Lipinski definition) is 3. The van der Waals surface area contributed by atoms with Gasteiger partial charge in [0.1, 0.15) is 16.8 Å². The van der Waals surface area contributed by atoms with Crippen molar-refractivity contribution < 1.29 is 27.1 Å². The Bertz CT molecular complexity index is 899. The predicted octanol–water partition coefficient (Wildman–Crippen LogP) is 1.04. The highest BCUT2D eigenvalue weighted by atomic mass is 32.2. The highest BCUT2D eigenvalue weighted by Gasteiger charge is 2.28. The second kappa shape index (κ2) is 6.13. The quantitative estimate of drug-likeness (QED) is 0.716. The summed E-state index contributed by atoms with van der Waals surface area (Å²) < 4.78 is 45.2. The van der Waals surface area contributed by atoms with Gasteiger partial charge in [-0.05, 0) is 12.3 Å². The molecule has 0 bridgehead atoms. The Morgan fingerprint density at radius 1 is 1.43 bits per heavy atom. The number of halogens is 1. The number of sulfonamides is 1. The average molecular weight is 346 g/mol. The number of aliphatic carboxylic acids is 1. The largest absolute Gasteiger partial charge is 0.480 e. The summed E-state index contributed by atoms with van der Waals surface area (Å²) in [6, 6.07) is 0.236. The lowest BCUT2D eigenvalue weighted by atomic mass is 10.1. The zero-order chi connectivity index (χ0) is 17.4. The summed E-state index contributed by atoms with van der Waals surface area (Å²) in [4.78, 5) is 23.6. The van der Waals surface area contributed by atoms with Crippen LogP contribution in [0.2, 0.25) is 0 Å². The van der Waals surface area contributed by atoms with Crippen LogP contribution in [-0.4, -0.2) is 30.5 Å². The summed E-state index contributed by atoms with van der Waals surface area (Å²) >= 11 is 0. The summed E-state index contributed by atoms with van der Waals surface area (Å²) in [7, 11) is -4.44. The molecule has 8 nitrogen and oxygen atoms in total. The first-order chi connectivity index (χ1) is 10.6. The number of fused-ring (bicyclic) bond motifs is 1. The van der Waals surface area contributed by atoms with Crippen LogP contribution in [0.1, 0.15) is 20.3 Å². The lowest BCUT2D eigenvalue weighted by molar-refractivity contribution is -0.139. The van der Waals surface area contributed by atoms with Gasteiger partial charge in [0.05, 0.1) is 5.52 Å². The third kappa shape index (κ3) is 3.77. The van der Waals surface area contributed by atoms with Gasteiger partial charge in [-0.1, -0.05) is 13.8 Å². The molecule has 0 fully saturated rings. The molecule has 10 heteroatoms. The first-order valence-electron chi connectivity index (χ1n) is 6.67. The smallest absolute Gasteiger partial charge is 0.417 e. The maximum atomic E-state index is 14.0. The van der Waals surface area contributed by atoms with Gasteiger partial charge in [-0.15, -0.1) is 0 Å². The maximum Gasteiger partial charge on any atom is 0.417 e. The van der Waals surface area contributed by atoms with Crippen molar-refractivity contribution in [1.82, 2.24) is 9.71 Å². The van der Waals surface area contributed by atoms with E-state index in [9.17, 15) is 22.4 Å². The molecule has 2 aromatic rings. The van der Waals surface area contributed by atoms with E-state index in [0.717, 1.165) is 12.1 Å². The van der Waals surface area contributed by atoms with Crippen LogP contribution in [0.25, 0.3) is 11.1 Å². The molecule has 0 amide bonds. The molecule has 3 N–H and O–H groups in total. The zero-order valence-electron chi connectivity index (χ0n) is 12.3. The van der Waals surface area contributed by atoms with Gasteiger partial charge in [-0.2, -0.15) is 4.72 Å². The molecule has 1 aromatic carbocycles. The molecule has 23 heavy (non-hydrogen) atoms. The average Bonchev–Trinajstić information content (AvgIpc) is 2.75. The molecule has 0 saturated heterocycles. The number of carbonyl (C=O) groups is 1. The Balaban J connectivity index is 2.44. The van der Waals surface area contributed by atoms with E-state index >= 15 is 0 Å². The number of aromatic nitrogens is 1. The SMILES string of the molecule is CC(C)C[C@@H](NS(=O)(=O)c1cc2oc(=O)[nH]c2cc1F)C(=O)O. The van der Waals surface area contributed by atoms with Crippen molar-refractivity contribution in [3.05, 3.63) is 28.5 Å². The van der Waals surface area contributed by atoms with Gasteiger partial charge in [0.25, 0.3) is 0 Å². The normalized spacial score (nSPS) is 13.6. The molecule has 0 radical (unpaired) electrons. The standard InChI is InChI=1S/C13H15FN2O6S/c1-6(2)3-9(12(17)18)16-23(20,21)11-5-10-8(4-7(11)14)15-13(19)22-10/h4-6,9,16H,3H2,1-2H3,(H,15,19)(H,17,18)/t9-/m1/s1. The van der Waals surface area contributed by atoms with Crippen LogP contribution < -0.4 is 10.5 Å². The summed E-state index contributed by atoms with van der Waals surface area (Å²) in [5.74, 6) is -3.44. The first kappa shape index (κ1) is 17.2. The number of carboxylic acid groups (broad SMARTS) is 1. The van der Waals surface area contributed by atoms with Gasteiger partial charge in [-0.25, -0.2) is 17.6 Å². The van der Waals surface area contributed by atoms with E-state index in [1.165, 1.54) is 0 Å². The fourth-order valence-corrected chi connectivity index (χ4v) is 3.36. The highest BCUT2D eigenvalue weighted by molar-refractivity contribution is 7.89. The number of nitrogens with one attached hydrogen (secondary N) is 2. The Hall–Kier alpha value is -2.20. The van der Waals surface area contributed by atoms with E-state index in [0.29, 0.717) is 0 Å². The van der Waals surface area contributed by atoms with Gasteiger partial charge < -0.3 is 9.52 Å². The van der Waals surface area contributed by atoms with E-state index in [2.05, 4.69) is 9.40 Å². The van der Waals surface area contributed by atoms with Crippen molar-refractivity contribution in [3.63, 3.8) is 0 Å². The number of carboxylic acids is 1. The maximum absolute atomic E-state index is 14.0. The minimum absolute atomic E-state index is 0.00316. The second-order valence-electron chi connectivity index (χ2n) is 5.43. The number of hydrogen-bond acceptors (Lipinski definition) is 5. The van der Waals surface area contributed by atoms with Gasteiger partial charge in [-0.3, -0.25) is 9.78 Å². The Labute approximate surface area is 130 Å². The van der Waals surface area contributed by atoms with Crippen LogP contribution in [0.15, 0.2) is 26.2 Å². The number of rotatable bonds is 6. The monoisotopic (exact) mass is 346 g/mol.